The van der Waals surface area contributed by atoms with Crippen molar-refractivity contribution in [3.63, 3.8) is 0 Å². The van der Waals surface area contributed by atoms with Crippen LogP contribution in [0.3, 0.4) is 0 Å². The molecule has 0 atom stereocenters. The first kappa shape index (κ1) is 27.2. The van der Waals surface area contributed by atoms with Gasteiger partial charge >= 0.3 is 0 Å². The number of amidine groups is 1. The Kier molecular flexibility index (Phi) is 13.7. The monoisotopic (exact) mass is 452 g/mol. The Morgan fingerprint density at radius 2 is 1.21 bits per heavy atom. The maximum Gasteiger partial charge on any atom is 0.128 e. The molecule has 0 aliphatic heterocycles. The normalized spacial score (nSPS) is 11.1. The molecule has 33 heavy (non-hydrogen) atoms. The SMILES string of the molecule is CCCCCCCOc1ccc(C(=N)N(CCCCCC)CCCCCC)c2ccccc12. The van der Waals surface area contributed by atoms with Crippen molar-refractivity contribution >= 4 is 16.6 Å². The minimum atomic E-state index is 0.672. The zero-order valence-electron chi connectivity index (χ0n) is 21.6. The molecule has 0 aliphatic rings. The number of nitrogens with zero attached hydrogens (tertiary/aromatic N) is 1. The number of unbranched alkanes of at least 4 members (excludes halogenated alkanes) is 10. The van der Waals surface area contributed by atoms with Crippen LogP contribution in [0, 0.1) is 5.41 Å². The lowest BCUT2D eigenvalue weighted by atomic mass is 10.0. The van der Waals surface area contributed by atoms with Gasteiger partial charge in [0.25, 0.3) is 0 Å². The van der Waals surface area contributed by atoms with E-state index in [1.54, 1.807) is 0 Å². The molecule has 0 unspecified atom stereocenters. The maximum absolute atomic E-state index is 9.12. The summed E-state index contributed by atoms with van der Waals surface area (Å²) in [7, 11) is 0. The Hall–Kier alpha value is -2.03. The second kappa shape index (κ2) is 16.6. The Morgan fingerprint density at radius 3 is 1.82 bits per heavy atom. The first-order chi connectivity index (χ1) is 16.2. The summed E-state index contributed by atoms with van der Waals surface area (Å²) in [5, 5.41) is 11.4. The van der Waals surface area contributed by atoms with E-state index in [4.69, 9.17) is 10.1 Å². The number of benzene rings is 2. The summed E-state index contributed by atoms with van der Waals surface area (Å²) in [6.45, 7) is 9.49. The Bertz CT molecular complexity index is 789. The van der Waals surface area contributed by atoms with E-state index in [0.29, 0.717) is 5.84 Å². The van der Waals surface area contributed by atoms with Crippen LogP contribution in [0.25, 0.3) is 10.8 Å². The molecule has 0 radical (unpaired) electrons. The second-order valence-electron chi connectivity index (χ2n) is 9.38. The van der Waals surface area contributed by atoms with Crippen LogP contribution in [0.15, 0.2) is 36.4 Å². The standard InChI is InChI=1S/C30H48N2O/c1-4-7-10-13-18-25-33-29-22-21-28(26-19-14-15-20-27(26)29)30(31)32(23-16-11-8-5-2)24-17-12-9-6-3/h14-15,19-22,31H,4-13,16-18,23-25H2,1-3H3. The Morgan fingerprint density at radius 1 is 0.667 bits per heavy atom. The fraction of sp³-hybridized carbons (Fsp3) is 0.633. The minimum absolute atomic E-state index is 0.672. The molecule has 3 heteroatoms. The maximum atomic E-state index is 9.12. The van der Waals surface area contributed by atoms with Gasteiger partial charge in [-0.2, -0.15) is 0 Å². The molecule has 3 nitrogen and oxygen atoms in total. The Labute approximate surface area is 203 Å². The zero-order chi connectivity index (χ0) is 23.7. The van der Waals surface area contributed by atoms with Gasteiger partial charge in [-0.25, -0.2) is 0 Å². The molecule has 0 aliphatic carbocycles. The molecule has 0 aromatic heterocycles. The lowest BCUT2D eigenvalue weighted by molar-refractivity contribution is 0.308. The van der Waals surface area contributed by atoms with Gasteiger partial charge in [0.05, 0.1) is 6.61 Å². The largest absolute Gasteiger partial charge is 0.493 e. The smallest absolute Gasteiger partial charge is 0.128 e. The summed E-state index contributed by atoms with van der Waals surface area (Å²) in [5.74, 6) is 1.63. The lowest BCUT2D eigenvalue weighted by Crippen LogP contribution is -2.33. The summed E-state index contributed by atoms with van der Waals surface area (Å²) in [6.07, 6.45) is 16.1. The van der Waals surface area contributed by atoms with Crippen LogP contribution < -0.4 is 4.74 Å². The molecule has 184 valence electrons. The summed E-state index contributed by atoms with van der Waals surface area (Å²) in [4.78, 5) is 2.32. The molecule has 0 heterocycles. The molecule has 0 saturated carbocycles. The topological polar surface area (TPSA) is 36.3 Å². The van der Waals surface area contributed by atoms with Gasteiger partial charge in [0.2, 0.25) is 0 Å². The molecule has 0 saturated heterocycles. The summed E-state index contributed by atoms with van der Waals surface area (Å²) in [6, 6.07) is 12.7. The van der Waals surface area contributed by atoms with Crippen LogP contribution >= 0.6 is 0 Å². The van der Waals surface area contributed by atoms with Crippen molar-refractivity contribution in [3.05, 3.63) is 42.0 Å². The molecular weight excluding hydrogens is 404 g/mol. The van der Waals surface area contributed by atoms with Gasteiger partial charge in [0.15, 0.2) is 0 Å². The summed E-state index contributed by atoms with van der Waals surface area (Å²) >= 11 is 0. The van der Waals surface area contributed by atoms with Crippen molar-refractivity contribution in [1.29, 1.82) is 5.41 Å². The highest BCUT2D eigenvalue weighted by molar-refractivity contribution is 6.09. The van der Waals surface area contributed by atoms with E-state index in [1.165, 1.54) is 77.0 Å². The highest BCUT2D eigenvalue weighted by Gasteiger charge is 2.16. The summed E-state index contributed by atoms with van der Waals surface area (Å²) in [5.41, 5.74) is 1.03. The van der Waals surface area contributed by atoms with Crippen molar-refractivity contribution < 1.29 is 4.74 Å². The average Bonchev–Trinajstić information content (AvgIpc) is 2.84. The molecular formula is C30H48N2O. The molecule has 0 amide bonds. The third-order valence-corrected chi connectivity index (χ3v) is 6.52. The van der Waals surface area contributed by atoms with Crippen LogP contribution in [0.1, 0.15) is 110 Å². The van der Waals surface area contributed by atoms with E-state index in [1.807, 2.05) is 0 Å². The van der Waals surface area contributed by atoms with Crippen LogP contribution in [0.4, 0.5) is 0 Å². The third-order valence-electron chi connectivity index (χ3n) is 6.52. The number of hydrogen-bond donors (Lipinski definition) is 1. The van der Waals surface area contributed by atoms with Gasteiger partial charge in [0.1, 0.15) is 11.6 Å². The van der Waals surface area contributed by atoms with Gasteiger partial charge in [-0.05, 0) is 36.8 Å². The minimum Gasteiger partial charge on any atom is -0.493 e. The molecule has 1 N–H and O–H groups in total. The zero-order valence-corrected chi connectivity index (χ0v) is 21.6. The fourth-order valence-electron chi connectivity index (χ4n) is 4.46. The van der Waals surface area contributed by atoms with Crippen molar-refractivity contribution in [2.75, 3.05) is 19.7 Å². The highest BCUT2D eigenvalue weighted by atomic mass is 16.5. The number of ether oxygens (including phenoxy) is 1. The molecule has 2 rings (SSSR count). The average molecular weight is 453 g/mol. The highest BCUT2D eigenvalue weighted by Crippen LogP contribution is 2.30. The Balaban J connectivity index is 2.12. The van der Waals surface area contributed by atoms with Gasteiger partial charge in [0, 0.05) is 24.0 Å². The first-order valence-electron chi connectivity index (χ1n) is 13.7. The predicted octanol–water partition coefficient (Wildman–Crippen LogP) is 8.98. The quantitative estimate of drug-likeness (QED) is 0.139. The van der Waals surface area contributed by atoms with Crippen LogP contribution in [-0.4, -0.2) is 30.4 Å². The number of hydrogen-bond acceptors (Lipinski definition) is 2. The fourth-order valence-corrected chi connectivity index (χ4v) is 4.46. The molecule has 0 spiro atoms. The van der Waals surface area contributed by atoms with E-state index in [9.17, 15) is 0 Å². The first-order valence-corrected chi connectivity index (χ1v) is 13.7. The lowest BCUT2D eigenvalue weighted by Gasteiger charge is -2.26. The van der Waals surface area contributed by atoms with Crippen molar-refractivity contribution in [1.82, 2.24) is 4.90 Å². The third kappa shape index (κ3) is 9.39. The van der Waals surface area contributed by atoms with Crippen LogP contribution in [0.5, 0.6) is 5.75 Å². The van der Waals surface area contributed by atoms with Gasteiger partial charge in [-0.3, -0.25) is 5.41 Å². The predicted molar refractivity (Wildman–Crippen MR) is 145 cm³/mol. The van der Waals surface area contributed by atoms with Crippen molar-refractivity contribution in [2.24, 2.45) is 0 Å². The van der Waals surface area contributed by atoms with E-state index >= 15 is 0 Å². The van der Waals surface area contributed by atoms with Gasteiger partial charge in [-0.15, -0.1) is 0 Å². The van der Waals surface area contributed by atoms with E-state index in [-0.39, 0.29) is 0 Å². The molecule has 0 bridgehead atoms. The van der Waals surface area contributed by atoms with E-state index in [2.05, 4.69) is 62.1 Å². The van der Waals surface area contributed by atoms with Crippen molar-refractivity contribution in [3.8, 4) is 5.75 Å². The molecule has 2 aromatic carbocycles. The van der Waals surface area contributed by atoms with Gasteiger partial charge in [-0.1, -0.05) is 109 Å². The van der Waals surface area contributed by atoms with E-state index < -0.39 is 0 Å². The van der Waals surface area contributed by atoms with Crippen molar-refractivity contribution in [2.45, 2.75) is 104 Å². The number of nitrogens with one attached hydrogen (secondary N) is 1. The second-order valence-corrected chi connectivity index (χ2v) is 9.38. The molecule has 2 aromatic rings. The number of rotatable bonds is 18. The van der Waals surface area contributed by atoms with Gasteiger partial charge < -0.3 is 9.64 Å². The summed E-state index contributed by atoms with van der Waals surface area (Å²) < 4.78 is 6.19. The van der Waals surface area contributed by atoms with Crippen LogP contribution in [0.2, 0.25) is 0 Å². The number of fused-ring (bicyclic) bond motifs is 1. The van der Waals surface area contributed by atoms with Crippen LogP contribution in [-0.2, 0) is 0 Å². The molecule has 0 fully saturated rings. The van der Waals surface area contributed by atoms with E-state index in [0.717, 1.165) is 48.2 Å².